The molecule has 1 saturated heterocycles. The monoisotopic (exact) mass is 284 g/mol. The lowest BCUT2D eigenvalue weighted by Crippen LogP contribution is -2.46. The molecule has 0 bridgehead atoms. The Hall–Kier alpha value is -2.30. The molecule has 2 atom stereocenters. The summed E-state index contributed by atoms with van der Waals surface area (Å²) in [6, 6.07) is 8.11. The number of amides is 1. The SMILES string of the molecule is CC1CCC(C(N)=O)CN1c1ccc(N)c2cccnc12. The minimum absolute atomic E-state index is 0.0995. The number of aromatic nitrogens is 1. The molecule has 1 fully saturated rings. The lowest BCUT2D eigenvalue weighted by Gasteiger charge is -2.39. The van der Waals surface area contributed by atoms with Gasteiger partial charge in [0.05, 0.1) is 17.1 Å². The number of hydrogen-bond donors (Lipinski definition) is 2. The van der Waals surface area contributed by atoms with Crippen molar-refractivity contribution in [3.05, 3.63) is 30.5 Å². The van der Waals surface area contributed by atoms with Gasteiger partial charge in [0.2, 0.25) is 5.91 Å². The van der Waals surface area contributed by atoms with Crippen molar-refractivity contribution in [2.45, 2.75) is 25.8 Å². The van der Waals surface area contributed by atoms with Crippen LogP contribution in [0.2, 0.25) is 0 Å². The van der Waals surface area contributed by atoms with Gasteiger partial charge in [0.15, 0.2) is 0 Å². The van der Waals surface area contributed by atoms with Gasteiger partial charge < -0.3 is 16.4 Å². The number of carbonyl (C=O) groups excluding carboxylic acids is 1. The highest BCUT2D eigenvalue weighted by atomic mass is 16.1. The first kappa shape index (κ1) is 13.7. The molecule has 0 saturated carbocycles. The summed E-state index contributed by atoms with van der Waals surface area (Å²) in [5, 5.41) is 0.948. The van der Waals surface area contributed by atoms with E-state index in [-0.39, 0.29) is 11.8 Å². The maximum Gasteiger partial charge on any atom is 0.222 e. The van der Waals surface area contributed by atoms with E-state index in [4.69, 9.17) is 11.5 Å². The molecular formula is C16H20N4O. The zero-order valence-corrected chi connectivity index (χ0v) is 12.1. The van der Waals surface area contributed by atoms with Gasteiger partial charge in [-0.15, -0.1) is 0 Å². The summed E-state index contributed by atoms with van der Waals surface area (Å²) >= 11 is 0. The van der Waals surface area contributed by atoms with Crippen LogP contribution in [0.15, 0.2) is 30.5 Å². The van der Waals surface area contributed by atoms with E-state index in [9.17, 15) is 4.79 Å². The number of anilines is 2. The molecule has 0 aliphatic carbocycles. The first-order chi connectivity index (χ1) is 10.1. The molecule has 5 heteroatoms. The van der Waals surface area contributed by atoms with Crippen LogP contribution in [0.25, 0.3) is 10.9 Å². The molecule has 1 amide bonds. The van der Waals surface area contributed by atoms with Crippen molar-refractivity contribution < 1.29 is 4.79 Å². The van der Waals surface area contributed by atoms with Crippen LogP contribution in [0.3, 0.4) is 0 Å². The molecule has 1 aliphatic heterocycles. The molecule has 2 aromatic rings. The van der Waals surface area contributed by atoms with Gasteiger partial charge in [-0.3, -0.25) is 9.78 Å². The van der Waals surface area contributed by atoms with E-state index in [0.717, 1.165) is 35.1 Å². The molecule has 0 radical (unpaired) electrons. The highest BCUT2D eigenvalue weighted by Crippen LogP contribution is 2.34. The fourth-order valence-electron chi connectivity index (χ4n) is 3.09. The third-order valence-electron chi connectivity index (χ3n) is 4.38. The predicted molar refractivity (Wildman–Crippen MR) is 84.9 cm³/mol. The third kappa shape index (κ3) is 2.39. The standard InChI is InChI=1S/C16H20N4O/c1-10-4-5-11(16(18)21)9-20(10)14-7-6-13(17)12-3-2-8-19-15(12)14/h2-3,6-8,10-11H,4-5,9,17H2,1H3,(H2,18,21). The molecule has 2 heterocycles. The van der Waals surface area contributed by atoms with Crippen LogP contribution in [0, 0.1) is 5.92 Å². The van der Waals surface area contributed by atoms with Crippen molar-refractivity contribution in [2.75, 3.05) is 17.2 Å². The second-order valence-corrected chi connectivity index (χ2v) is 5.75. The molecule has 4 N–H and O–H groups in total. The number of nitrogen functional groups attached to an aromatic ring is 1. The number of piperidine rings is 1. The second-order valence-electron chi connectivity index (χ2n) is 5.75. The molecule has 21 heavy (non-hydrogen) atoms. The van der Waals surface area contributed by atoms with E-state index >= 15 is 0 Å². The second kappa shape index (κ2) is 5.24. The van der Waals surface area contributed by atoms with Crippen LogP contribution in [0.5, 0.6) is 0 Å². The fraction of sp³-hybridized carbons (Fsp3) is 0.375. The minimum atomic E-state index is -0.223. The molecule has 1 aliphatic rings. The summed E-state index contributed by atoms with van der Waals surface area (Å²) in [5.74, 6) is -0.322. The average Bonchev–Trinajstić information content (AvgIpc) is 2.49. The summed E-state index contributed by atoms with van der Waals surface area (Å²) in [7, 11) is 0. The number of fused-ring (bicyclic) bond motifs is 1. The zero-order chi connectivity index (χ0) is 15.0. The number of benzene rings is 1. The summed E-state index contributed by atoms with van der Waals surface area (Å²) < 4.78 is 0. The number of nitrogens with zero attached hydrogens (tertiary/aromatic N) is 2. The Morgan fingerprint density at radius 2 is 2.14 bits per heavy atom. The summed E-state index contributed by atoms with van der Waals surface area (Å²) in [6.45, 7) is 2.81. The lowest BCUT2D eigenvalue weighted by molar-refractivity contribution is -0.122. The van der Waals surface area contributed by atoms with Gasteiger partial charge in [0, 0.05) is 29.9 Å². The first-order valence-corrected chi connectivity index (χ1v) is 7.27. The smallest absolute Gasteiger partial charge is 0.222 e. The van der Waals surface area contributed by atoms with Crippen molar-refractivity contribution in [3.8, 4) is 0 Å². The topological polar surface area (TPSA) is 85.2 Å². The fourth-order valence-corrected chi connectivity index (χ4v) is 3.09. The lowest BCUT2D eigenvalue weighted by atomic mass is 9.92. The zero-order valence-electron chi connectivity index (χ0n) is 12.1. The van der Waals surface area contributed by atoms with Gasteiger partial charge in [-0.2, -0.15) is 0 Å². The maximum absolute atomic E-state index is 11.5. The van der Waals surface area contributed by atoms with Crippen LogP contribution < -0.4 is 16.4 Å². The number of hydrogen-bond acceptors (Lipinski definition) is 4. The van der Waals surface area contributed by atoms with Crippen molar-refractivity contribution in [1.82, 2.24) is 4.98 Å². The maximum atomic E-state index is 11.5. The van der Waals surface area contributed by atoms with E-state index in [1.807, 2.05) is 24.3 Å². The Labute approximate surface area is 123 Å². The number of carbonyl (C=O) groups is 1. The number of nitrogens with two attached hydrogens (primary N) is 2. The summed E-state index contributed by atoms with van der Waals surface area (Å²) in [5.41, 5.74) is 14.2. The Balaban J connectivity index is 2.06. The van der Waals surface area contributed by atoms with Gasteiger partial charge in [0.1, 0.15) is 0 Å². The van der Waals surface area contributed by atoms with Gasteiger partial charge in [0.25, 0.3) is 0 Å². The average molecular weight is 284 g/mol. The Bertz CT molecular complexity index is 685. The van der Waals surface area contributed by atoms with Crippen LogP contribution in [0.1, 0.15) is 19.8 Å². The number of rotatable bonds is 2. The van der Waals surface area contributed by atoms with Crippen LogP contribution >= 0.6 is 0 Å². The molecule has 2 unspecified atom stereocenters. The molecule has 1 aromatic heterocycles. The first-order valence-electron chi connectivity index (χ1n) is 7.27. The minimum Gasteiger partial charge on any atom is -0.398 e. The highest BCUT2D eigenvalue weighted by Gasteiger charge is 2.29. The van der Waals surface area contributed by atoms with E-state index in [1.165, 1.54) is 0 Å². The third-order valence-corrected chi connectivity index (χ3v) is 4.38. The van der Waals surface area contributed by atoms with Gasteiger partial charge >= 0.3 is 0 Å². The van der Waals surface area contributed by atoms with Crippen molar-refractivity contribution >= 4 is 28.2 Å². The Kier molecular flexibility index (Phi) is 3.41. The molecule has 0 spiro atoms. The Morgan fingerprint density at radius 1 is 1.33 bits per heavy atom. The highest BCUT2D eigenvalue weighted by molar-refractivity contribution is 5.98. The van der Waals surface area contributed by atoms with E-state index in [0.29, 0.717) is 12.6 Å². The van der Waals surface area contributed by atoms with Gasteiger partial charge in [-0.05, 0) is 44.0 Å². The summed E-state index contributed by atoms with van der Waals surface area (Å²) in [4.78, 5) is 18.2. The number of primary amides is 1. The Morgan fingerprint density at radius 3 is 2.90 bits per heavy atom. The molecule has 5 nitrogen and oxygen atoms in total. The van der Waals surface area contributed by atoms with E-state index < -0.39 is 0 Å². The van der Waals surface area contributed by atoms with Crippen LogP contribution in [-0.4, -0.2) is 23.5 Å². The van der Waals surface area contributed by atoms with Gasteiger partial charge in [-0.25, -0.2) is 0 Å². The molecule has 1 aromatic carbocycles. The van der Waals surface area contributed by atoms with E-state index in [2.05, 4.69) is 16.8 Å². The van der Waals surface area contributed by atoms with Crippen molar-refractivity contribution in [1.29, 1.82) is 0 Å². The van der Waals surface area contributed by atoms with Crippen LogP contribution in [0.4, 0.5) is 11.4 Å². The van der Waals surface area contributed by atoms with Gasteiger partial charge in [-0.1, -0.05) is 0 Å². The van der Waals surface area contributed by atoms with E-state index in [1.54, 1.807) is 6.20 Å². The normalized spacial score (nSPS) is 22.4. The van der Waals surface area contributed by atoms with Crippen molar-refractivity contribution in [3.63, 3.8) is 0 Å². The molecule has 110 valence electrons. The predicted octanol–water partition coefficient (Wildman–Crippen LogP) is 1.91. The summed E-state index contributed by atoms with van der Waals surface area (Å²) in [6.07, 6.45) is 3.57. The largest absolute Gasteiger partial charge is 0.398 e. The molecular weight excluding hydrogens is 264 g/mol. The number of pyridine rings is 1. The molecule has 3 rings (SSSR count). The van der Waals surface area contributed by atoms with Crippen LogP contribution in [-0.2, 0) is 4.79 Å². The quantitative estimate of drug-likeness (QED) is 0.825. The van der Waals surface area contributed by atoms with Crippen molar-refractivity contribution in [2.24, 2.45) is 11.7 Å².